The van der Waals surface area contributed by atoms with Crippen LogP contribution in [-0.2, 0) is 4.79 Å². The summed E-state index contributed by atoms with van der Waals surface area (Å²) in [5, 5.41) is 8.11. The van der Waals surface area contributed by atoms with Crippen LogP contribution in [0.25, 0.3) is 0 Å². The number of carboxylic acids is 1. The van der Waals surface area contributed by atoms with E-state index in [1.165, 1.54) is 0 Å². The van der Waals surface area contributed by atoms with E-state index in [0.717, 1.165) is 0 Å². The molecule has 0 aromatic rings. The van der Waals surface area contributed by atoms with Crippen LogP contribution in [0, 0.1) is 0 Å². The fourth-order valence-corrected chi connectivity index (χ4v) is 0.123. The highest BCUT2D eigenvalue weighted by molar-refractivity contribution is 5.85. The second-order valence-corrected chi connectivity index (χ2v) is 1.28. The third-order valence-electron chi connectivity index (χ3n) is 0.770. The molecule has 0 bridgehead atoms. The highest BCUT2D eigenvalue weighted by Gasteiger charge is 1.93. The Morgan fingerprint density at radius 3 is 1.89 bits per heavy atom. The molecule has 0 aliphatic heterocycles. The first kappa shape index (κ1) is 10.8. The molecule has 0 atom stereocenters. The fourth-order valence-electron chi connectivity index (χ4n) is 0.123. The van der Waals surface area contributed by atoms with Crippen molar-refractivity contribution in [1.29, 1.82) is 0 Å². The van der Waals surface area contributed by atoms with E-state index in [0.29, 0.717) is 5.57 Å². The summed E-state index contributed by atoms with van der Waals surface area (Å²) < 4.78 is 0. The Kier molecular flexibility index (Phi) is 8.38. The molecule has 0 unspecified atom stereocenters. The molecule has 0 fully saturated rings. The van der Waals surface area contributed by atoms with E-state index in [2.05, 4.69) is 13.2 Å². The number of carbonyl (C=O) groups is 1. The molecule has 0 aliphatic rings. The monoisotopic (exact) mass is 128 g/mol. The van der Waals surface area contributed by atoms with Gasteiger partial charge < -0.3 is 5.11 Å². The van der Waals surface area contributed by atoms with Gasteiger partial charge in [-0.1, -0.05) is 6.08 Å². The van der Waals surface area contributed by atoms with Crippen LogP contribution in [-0.4, -0.2) is 11.1 Å². The van der Waals surface area contributed by atoms with Crippen molar-refractivity contribution in [3.05, 3.63) is 24.8 Å². The van der Waals surface area contributed by atoms with Gasteiger partial charge in [-0.25, -0.2) is 4.79 Å². The zero-order valence-electron chi connectivity index (χ0n) is 5.85. The van der Waals surface area contributed by atoms with Crippen LogP contribution in [0.1, 0.15) is 13.8 Å². The molecule has 9 heavy (non-hydrogen) atoms. The molecule has 0 radical (unpaired) electrons. The highest BCUT2D eigenvalue weighted by atomic mass is 16.4. The summed E-state index contributed by atoms with van der Waals surface area (Å²) in [6, 6.07) is 0. The van der Waals surface area contributed by atoms with Gasteiger partial charge in [0, 0.05) is 5.57 Å². The molecular weight excluding hydrogens is 116 g/mol. The molecule has 0 saturated carbocycles. The van der Waals surface area contributed by atoms with Crippen LogP contribution in [0.3, 0.4) is 0 Å². The molecular formula is C7H12O2. The van der Waals surface area contributed by atoms with E-state index < -0.39 is 5.97 Å². The standard InChI is InChI=1S/C5H8O2.C2H4/c1-3-4(2)5(6)7;1-2/h3H,1-2H3,(H,6,7);1-2H2/b4-3+;. The van der Waals surface area contributed by atoms with E-state index in [9.17, 15) is 4.79 Å². The first-order valence-corrected chi connectivity index (χ1v) is 2.54. The number of carboxylic acid groups (broad SMARTS) is 1. The number of hydrogen-bond acceptors (Lipinski definition) is 1. The third-order valence-corrected chi connectivity index (χ3v) is 0.770. The second kappa shape index (κ2) is 6.95. The Morgan fingerprint density at radius 2 is 1.89 bits per heavy atom. The summed E-state index contributed by atoms with van der Waals surface area (Å²) in [7, 11) is 0. The van der Waals surface area contributed by atoms with Crippen molar-refractivity contribution >= 4 is 5.97 Å². The topological polar surface area (TPSA) is 37.3 Å². The molecule has 0 aliphatic carbocycles. The lowest BCUT2D eigenvalue weighted by Gasteiger charge is -1.84. The van der Waals surface area contributed by atoms with E-state index in [1.807, 2.05) is 0 Å². The Labute approximate surface area is 55.5 Å². The van der Waals surface area contributed by atoms with Gasteiger partial charge in [-0.2, -0.15) is 0 Å². The SMILES string of the molecule is C/C=C(\C)C(=O)O.C=C. The van der Waals surface area contributed by atoms with Crippen LogP contribution < -0.4 is 0 Å². The molecule has 0 rings (SSSR count). The Morgan fingerprint density at radius 1 is 1.56 bits per heavy atom. The third kappa shape index (κ3) is 6.95. The predicted octanol–water partition coefficient (Wildman–Crippen LogP) is 1.84. The average molecular weight is 128 g/mol. The quantitative estimate of drug-likeness (QED) is 0.432. The summed E-state index contributed by atoms with van der Waals surface area (Å²) in [5.74, 6) is -0.845. The zero-order valence-corrected chi connectivity index (χ0v) is 5.85. The Hall–Kier alpha value is -1.05. The molecule has 1 N–H and O–H groups in total. The van der Waals surface area contributed by atoms with E-state index in [1.54, 1.807) is 19.9 Å². The second-order valence-electron chi connectivity index (χ2n) is 1.28. The van der Waals surface area contributed by atoms with E-state index in [4.69, 9.17) is 5.11 Å². The smallest absolute Gasteiger partial charge is 0.330 e. The largest absolute Gasteiger partial charge is 0.478 e. The maximum atomic E-state index is 9.86. The summed E-state index contributed by atoms with van der Waals surface area (Å²) in [5.41, 5.74) is 0.389. The minimum atomic E-state index is -0.845. The van der Waals surface area contributed by atoms with E-state index in [-0.39, 0.29) is 0 Å². The zero-order chi connectivity index (χ0) is 7.86. The highest BCUT2D eigenvalue weighted by Crippen LogP contribution is 1.87. The van der Waals surface area contributed by atoms with Crippen LogP contribution in [0.4, 0.5) is 0 Å². The molecule has 2 nitrogen and oxygen atoms in total. The Bertz CT molecular complexity index is 114. The lowest BCUT2D eigenvalue weighted by molar-refractivity contribution is -0.132. The molecule has 0 aromatic carbocycles. The van der Waals surface area contributed by atoms with Crippen molar-refractivity contribution in [2.75, 3.05) is 0 Å². The molecule has 0 saturated heterocycles. The van der Waals surface area contributed by atoms with Crippen LogP contribution in [0.2, 0.25) is 0 Å². The van der Waals surface area contributed by atoms with Crippen LogP contribution in [0.15, 0.2) is 24.8 Å². The van der Waals surface area contributed by atoms with Crippen LogP contribution >= 0.6 is 0 Å². The van der Waals surface area contributed by atoms with Gasteiger partial charge in [-0.15, -0.1) is 13.2 Å². The van der Waals surface area contributed by atoms with Gasteiger partial charge in [-0.05, 0) is 13.8 Å². The lowest BCUT2D eigenvalue weighted by Crippen LogP contribution is -1.93. The van der Waals surface area contributed by atoms with Gasteiger partial charge in [0.05, 0.1) is 0 Å². The normalized spacial score (nSPS) is 9.33. The van der Waals surface area contributed by atoms with Crippen molar-refractivity contribution in [2.45, 2.75) is 13.8 Å². The summed E-state index contributed by atoms with van der Waals surface area (Å²) in [6.45, 7) is 9.26. The molecule has 0 amide bonds. The molecule has 0 aromatic heterocycles. The fraction of sp³-hybridized carbons (Fsp3) is 0.286. The minimum Gasteiger partial charge on any atom is -0.478 e. The lowest BCUT2D eigenvalue weighted by atomic mass is 10.3. The summed E-state index contributed by atoms with van der Waals surface area (Å²) in [4.78, 5) is 9.86. The van der Waals surface area contributed by atoms with Crippen molar-refractivity contribution in [3.63, 3.8) is 0 Å². The number of allylic oxidation sites excluding steroid dienone is 1. The van der Waals surface area contributed by atoms with Crippen molar-refractivity contribution in [3.8, 4) is 0 Å². The maximum absolute atomic E-state index is 9.86. The van der Waals surface area contributed by atoms with Gasteiger partial charge in [-0.3, -0.25) is 0 Å². The van der Waals surface area contributed by atoms with Gasteiger partial charge in [0.15, 0.2) is 0 Å². The summed E-state index contributed by atoms with van der Waals surface area (Å²) in [6.07, 6.45) is 1.56. The predicted molar refractivity (Wildman–Crippen MR) is 38.3 cm³/mol. The molecule has 52 valence electrons. The van der Waals surface area contributed by atoms with Crippen molar-refractivity contribution in [1.82, 2.24) is 0 Å². The van der Waals surface area contributed by atoms with E-state index >= 15 is 0 Å². The average Bonchev–Trinajstić information content (AvgIpc) is 1.91. The number of aliphatic carboxylic acids is 1. The van der Waals surface area contributed by atoms with Crippen LogP contribution in [0.5, 0.6) is 0 Å². The number of hydrogen-bond donors (Lipinski definition) is 1. The van der Waals surface area contributed by atoms with Gasteiger partial charge in [0.25, 0.3) is 0 Å². The van der Waals surface area contributed by atoms with Gasteiger partial charge >= 0.3 is 5.97 Å². The molecule has 0 heterocycles. The van der Waals surface area contributed by atoms with Crippen molar-refractivity contribution in [2.24, 2.45) is 0 Å². The van der Waals surface area contributed by atoms with Crippen molar-refractivity contribution < 1.29 is 9.90 Å². The molecule has 0 spiro atoms. The summed E-state index contributed by atoms with van der Waals surface area (Å²) >= 11 is 0. The number of rotatable bonds is 1. The Balaban J connectivity index is 0. The first-order valence-electron chi connectivity index (χ1n) is 2.54. The minimum absolute atomic E-state index is 0.389. The van der Waals surface area contributed by atoms with Gasteiger partial charge in [0.1, 0.15) is 0 Å². The first-order chi connectivity index (χ1) is 4.18. The molecule has 2 heteroatoms. The van der Waals surface area contributed by atoms with Gasteiger partial charge in [0.2, 0.25) is 0 Å². The maximum Gasteiger partial charge on any atom is 0.330 e.